The summed E-state index contributed by atoms with van der Waals surface area (Å²) in [4.78, 5) is 4.20. The Morgan fingerprint density at radius 1 is 1.22 bits per heavy atom. The van der Waals surface area contributed by atoms with Crippen LogP contribution in [0.15, 0.2) is 24.7 Å². The second kappa shape index (κ2) is 4.94. The minimum Gasteiger partial charge on any atom is -0.386 e. The normalized spacial score (nSPS) is 12.7. The number of aryl methyl sites for hydroxylation is 4. The maximum atomic E-state index is 10.2. The molecule has 1 heterocycles. The number of rotatable bonds is 3. The number of aliphatic hydroxyl groups is 1. The lowest BCUT2D eigenvalue weighted by atomic mass is 9.94. The van der Waals surface area contributed by atoms with E-state index >= 15 is 0 Å². The van der Waals surface area contributed by atoms with E-state index in [0.717, 1.165) is 5.69 Å². The molecule has 0 bridgehead atoms. The number of aromatic nitrogens is 2. The zero-order valence-corrected chi connectivity index (χ0v) is 11.4. The van der Waals surface area contributed by atoms with Crippen molar-refractivity contribution < 1.29 is 5.11 Å². The van der Waals surface area contributed by atoms with Gasteiger partial charge in [-0.15, -0.1) is 0 Å². The van der Waals surface area contributed by atoms with Crippen LogP contribution in [0.25, 0.3) is 0 Å². The minimum absolute atomic E-state index is 0.536. The van der Waals surface area contributed by atoms with Crippen LogP contribution in [-0.2, 0) is 13.5 Å². The predicted molar refractivity (Wildman–Crippen MR) is 72.5 cm³/mol. The predicted octanol–water partition coefficient (Wildman–Crippen LogP) is 2.62. The monoisotopic (exact) mass is 244 g/mol. The lowest BCUT2D eigenvalue weighted by molar-refractivity contribution is 0.173. The van der Waals surface area contributed by atoms with Crippen LogP contribution in [0, 0.1) is 20.8 Å². The first kappa shape index (κ1) is 12.8. The molecule has 0 saturated heterocycles. The van der Waals surface area contributed by atoms with Crippen LogP contribution in [0.4, 0.5) is 0 Å². The third-order valence-electron chi connectivity index (χ3n) is 3.30. The third kappa shape index (κ3) is 2.62. The van der Waals surface area contributed by atoms with Gasteiger partial charge in [0.15, 0.2) is 0 Å². The minimum atomic E-state index is -0.536. The molecule has 0 radical (unpaired) electrons. The molecule has 0 aliphatic carbocycles. The standard InChI is InChI=1S/C15H20N2O/c1-10-5-11(2)13(12(3)6-10)7-15(18)14-8-17(4)9-16-14/h5-6,8-9,15,18H,7H2,1-4H3. The van der Waals surface area contributed by atoms with Gasteiger partial charge >= 0.3 is 0 Å². The van der Waals surface area contributed by atoms with E-state index in [1.165, 1.54) is 22.3 Å². The molecule has 96 valence electrons. The Morgan fingerprint density at radius 3 is 2.33 bits per heavy atom. The molecule has 1 atom stereocenters. The van der Waals surface area contributed by atoms with Crippen molar-refractivity contribution in [3.8, 4) is 0 Å². The highest BCUT2D eigenvalue weighted by molar-refractivity contribution is 5.38. The molecule has 1 aromatic heterocycles. The summed E-state index contributed by atoms with van der Waals surface area (Å²) >= 11 is 0. The summed E-state index contributed by atoms with van der Waals surface area (Å²) in [5.41, 5.74) is 5.70. The van der Waals surface area contributed by atoms with E-state index in [1.807, 2.05) is 17.8 Å². The Balaban J connectivity index is 2.24. The number of hydrogen-bond donors (Lipinski definition) is 1. The van der Waals surface area contributed by atoms with Crippen molar-refractivity contribution in [3.63, 3.8) is 0 Å². The van der Waals surface area contributed by atoms with Crippen LogP contribution >= 0.6 is 0 Å². The second-order valence-electron chi connectivity index (χ2n) is 5.06. The number of benzene rings is 1. The average Bonchev–Trinajstić information content (AvgIpc) is 2.70. The fraction of sp³-hybridized carbons (Fsp3) is 0.400. The maximum absolute atomic E-state index is 10.2. The van der Waals surface area contributed by atoms with Crippen molar-refractivity contribution >= 4 is 0 Å². The van der Waals surface area contributed by atoms with Gasteiger partial charge in [0.25, 0.3) is 0 Å². The van der Waals surface area contributed by atoms with Crippen molar-refractivity contribution in [1.29, 1.82) is 0 Å². The molecule has 1 N–H and O–H groups in total. The summed E-state index contributed by atoms with van der Waals surface area (Å²) in [5, 5.41) is 10.2. The largest absolute Gasteiger partial charge is 0.386 e. The second-order valence-corrected chi connectivity index (χ2v) is 5.06. The van der Waals surface area contributed by atoms with E-state index in [0.29, 0.717) is 6.42 Å². The van der Waals surface area contributed by atoms with Crippen molar-refractivity contribution in [2.24, 2.45) is 7.05 Å². The molecule has 1 aromatic carbocycles. The number of imidazole rings is 1. The van der Waals surface area contributed by atoms with E-state index in [4.69, 9.17) is 0 Å². The van der Waals surface area contributed by atoms with Gasteiger partial charge in [-0.1, -0.05) is 17.7 Å². The summed E-state index contributed by atoms with van der Waals surface area (Å²) in [5.74, 6) is 0. The molecule has 0 spiro atoms. The summed E-state index contributed by atoms with van der Waals surface area (Å²) < 4.78 is 1.85. The lowest BCUT2D eigenvalue weighted by Gasteiger charge is -2.14. The smallest absolute Gasteiger partial charge is 0.102 e. The molecule has 0 saturated carbocycles. The molecule has 0 aliphatic heterocycles. The summed E-state index contributed by atoms with van der Waals surface area (Å²) in [6, 6.07) is 4.32. The van der Waals surface area contributed by atoms with Crippen molar-refractivity contribution in [2.45, 2.75) is 33.3 Å². The summed E-state index contributed by atoms with van der Waals surface area (Å²) in [7, 11) is 1.91. The van der Waals surface area contributed by atoms with Crippen molar-refractivity contribution in [3.05, 3.63) is 52.6 Å². The van der Waals surface area contributed by atoms with Gasteiger partial charge in [0.2, 0.25) is 0 Å². The van der Waals surface area contributed by atoms with Crippen LogP contribution in [0.3, 0.4) is 0 Å². The molecule has 18 heavy (non-hydrogen) atoms. The van der Waals surface area contributed by atoms with E-state index in [-0.39, 0.29) is 0 Å². The maximum Gasteiger partial charge on any atom is 0.102 e. The molecule has 2 rings (SSSR count). The molecular formula is C15H20N2O. The molecule has 3 heteroatoms. The molecule has 0 aliphatic rings. The van der Waals surface area contributed by atoms with Crippen LogP contribution in [-0.4, -0.2) is 14.7 Å². The number of hydrogen-bond acceptors (Lipinski definition) is 2. The van der Waals surface area contributed by atoms with Gasteiger partial charge in [-0.2, -0.15) is 0 Å². The quantitative estimate of drug-likeness (QED) is 0.901. The zero-order valence-electron chi connectivity index (χ0n) is 11.4. The van der Waals surface area contributed by atoms with Crippen LogP contribution in [0.1, 0.15) is 34.1 Å². The first-order valence-corrected chi connectivity index (χ1v) is 6.20. The van der Waals surface area contributed by atoms with Gasteiger partial charge in [0.05, 0.1) is 12.0 Å². The molecule has 1 unspecified atom stereocenters. The molecule has 2 aromatic rings. The highest BCUT2D eigenvalue weighted by Gasteiger charge is 2.14. The van der Waals surface area contributed by atoms with E-state index < -0.39 is 6.10 Å². The van der Waals surface area contributed by atoms with Crippen molar-refractivity contribution in [2.75, 3.05) is 0 Å². The fourth-order valence-corrected chi connectivity index (χ4v) is 2.43. The van der Waals surface area contributed by atoms with Gasteiger partial charge in [0.1, 0.15) is 6.10 Å². The zero-order chi connectivity index (χ0) is 13.3. The molecule has 0 amide bonds. The molecular weight excluding hydrogens is 224 g/mol. The van der Waals surface area contributed by atoms with Gasteiger partial charge in [-0.3, -0.25) is 0 Å². The Labute approximate surface area is 108 Å². The van der Waals surface area contributed by atoms with Crippen molar-refractivity contribution in [1.82, 2.24) is 9.55 Å². The molecule has 0 fully saturated rings. The fourth-order valence-electron chi connectivity index (χ4n) is 2.43. The third-order valence-corrected chi connectivity index (χ3v) is 3.30. The van der Waals surface area contributed by atoms with Crippen LogP contribution in [0.2, 0.25) is 0 Å². The topological polar surface area (TPSA) is 38.0 Å². The SMILES string of the molecule is Cc1cc(C)c(CC(O)c2cn(C)cn2)c(C)c1. The summed E-state index contributed by atoms with van der Waals surface area (Å²) in [6.45, 7) is 6.29. The van der Waals surface area contributed by atoms with Crippen LogP contribution < -0.4 is 0 Å². The first-order valence-electron chi connectivity index (χ1n) is 6.20. The highest BCUT2D eigenvalue weighted by atomic mass is 16.3. The Hall–Kier alpha value is -1.61. The number of aliphatic hydroxyl groups excluding tert-OH is 1. The van der Waals surface area contributed by atoms with Gasteiger partial charge in [-0.25, -0.2) is 4.98 Å². The Bertz CT molecular complexity index is 534. The Morgan fingerprint density at radius 2 is 1.83 bits per heavy atom. The highest BCUT2D eigenvalue weighted by Crippen LogP contribution is 2.23. The van der Waals surface area contributed by atoms with E-state index in [1.54, 1.807) is 6.33 Å². The Kier molecular flexibility index (Phi) is 3.53. The van der Waals surface area contributed by atoms with Gasteiger partial charge in [-0.05, 0) is 37.5 Å². The number of nitrogens with zero attached hydrogens (tertiary/aromatic N) is 2. The van der Waals surface area contributed by atoms with Gasteiger partial charge in [0, 0.05) is 19.7 Å². The lowest BCUT2D eigenvalue weighted by Crippen LogP contribution is -2.05. The van der Waals surface area contributed by atoms with Crippen LogP contribution in [0.5, 0.6) is 0 Å². The van der Waals surface area contributed by atoms with E-state index in [2.05, 4.69) is 37.9 Å². The molecule has 3 nitrogen and oxygen atoms in total. The van der Waals surface area contributed by atoms with Gasteiger partial charge < -0.3 is 9.67 Å². The van der Waals surface area contributed by atoms with E-state index in [9.17, 15) is 5.11 Å². The first-order chi connectivity index (χ1) is 8.47. The average molecular weight is 244 g/mol. The summed E-state index contributed by atoms with van der Waals surface area (Å²) in [6.07, 6.45) is 3.66.